The number of hydrogen-bond acceptors (Lipinski definition) is 4. The Hall–Kier alpha value is -1.11. The summed E-state index contributed by atoms with van der Waals surface area (Å²) >= 11 is 0. The Balaban J connectivity index is 1.80. The zero-order chi connectivity index (χ0) is 13.7. The van der Waals surface area contributed by atoms with Crippen LogP contribution in [0.3, 0.4) is 0 Å². The van der Waals surface area contributed by atoms with Crippen molar-refractivity contribution in [2.45, 2.75) is 56.2 Å². The van der Waals surface area contributed by atoms with Crippen LogP contribution in [0.2, 0.25) is 0 Å². The minimum absolute atomic E-state index is 0.135. The van der Waals surface area contributed by atoms with Crippen molar-refractivity contribution in [3.63, 3.8) is 0 Å². The zero-order valence-corrected chi connectivity index (χ0v) is 10.4. The van der Waals surface area contributed by atoms with Crippen LogP contribution in [0.15, 0.2) is 4.52 Å². The summed E-state index contributed by atoms with van der Waals surface area (Å²) in [6.07, 6.45) is -1.30. The van der Waals surface area contributed by atoms with Crippen LogP contribution < -0.4 is 5.73 Å². The van der Waals surface area contributed by atoms with Gasteiger partial charge in [-0.25, -0.2) is 0 Å². The first-order valence-electron chi connectivity index (χ1n) is 6.58. The van der Waals surface area contributed by atoms with Crippen molar-refractivity contribution >= 4 is 0 Å². The Morgan fingerprint density at radius 3 is 2.63 bits per heavy atom. The standard InChI is InChI=1S/C12H16F3N3O/c13-12(14,15)8-2-1-5-11(16,6-8)10-17-9(19-18-10)7-3-4-7/h7-8H,1-6,16H2. The minimum atomic E-state index is -4.20. The number of alkyl halides is 3. The number of aromatic nitrogens is 2. The van der Waals surface area contributed by atoms with Crippen molar-refractivity contribution in [1.29, 1.82) is 0 Å². The number of nitrogens with zero attached hydrogens (tertiary/aromatic N) is 2. The molecule has 2 N–H and O–H groups in total. The maximum Gasteiger partial charge on any atom is 0.391 e. The lowest BCUT2D eigenvalue weighted by molar-refractivity contribution is -0.187. The van der Waals surface area contributed by atoms with Crippen molar-refractivity contribution < 1.29 is 17.7 Å². The first-order chi connectivity index (χ1) is 8.88. The molecule has 2 saturated carbocycles. The molecule has 0 spiro atoms. The molecule has 0 amide bonds. The fraction of sp³-hybridized carbons (Fsp3) is 0.833. The van der Waals surface area contributed by atoms with E-state index in [-0.39, 0.29) is 24.6 Å². The van der Waals surface area contributed by atoms with E-state index in [1.54, 1.807) is 0 Å². The molecular weight excluding hydrogens is 259 g/mol. The average molecular weight is 275 g/mol. The van der Waals surface area contributed by atoms with Crippen molar-refractivity contribution in [3.05, 3.63) is 11.7 Å². The zero-order valence-electron chi connectivity index (χ0n) is 10.4. The lowest BCUT2D eigenvalue weighted by Crippen LogP contribution is -2.45. The molecule has 0 radical (unpaired) electrons. The van der Waals surface area contributed by atoms with Gasteiger partial charge in [0.05, 0.1) is 11.5 Å². The van der Waals surface area contributed by atoms with Crippen molar-refractivity contribution in [2.75, 3.05) is 0 Å². The van der Waals surface area contributed by atoms with Crippen LogP contribution in [0, 0.1) is 5.92 Å². The molecule has 2 aliphatic rings. The second kappa shape index (κ2) is 4.19. The van der Waals surface area contributed by atoms with E-state index in [1.807, 2.05) is 0 Å². The molecule has 2 unspecified atom stereocenters. The maximum atomic E-state index is 12.8. The molecule has 2 aliphatic carbocycles. The molecule has 2 atom stereocenters. The van der Waals surface area contributed by atoms with Gasteiger partial charge in [-0.3, -0.25) is 0 Å². The van der Waals surface area contributed by atoms with E-state index in [9.17, 15) is 13.2 Å². The Labute approximate surface area is 108 Å². The summed E-state index contributed by atoms with van der Waals surface area (Å²) in [7, 11) is 0. The fourth-order valence-electron chi connectivity index (χ4n) is 2.72. The highest BCUT2D eigenvalue weighted by atomic mass is 19.4. The van der Waals surface area contributed by atoms with Gasteiger partial charge in [-0.2, -0.15) is 18.2 Å². The van der Waals surface area contributed by atoms with E-state index in [0.29, 0.717) is 18.7 Å². The van der Waals surface area contributed by atoms with E-state index >= 15 is 0 Å². The second-order valence-electron chi connectivity index (χ2n) is 5.72. The molecule has 0 aliphatic heterocycles. The number of nitrogens with two attached hydrogens (primary N) is 1. The molecule has 1 aromatic heterocycles. The van der Waals surface area contributed by atoms with Crippen molar-refractivity contribution in [3.8, 4) is 0 Å². The monoisotopic (exact) mass is 275 g/mol. The normalized spacial score (nSPS) is 32.5. The average Bonchev–Trinajstić information content (AvgIpc) is 3.05. The number of rotatable bonds is 2. The Morgan fingerprint density at radius 2 is 2.00 bits per heavy atom. The molecular formula is C12H16F3N3O. The van der Waals surface area contributed by atoms with Gasteiger partial charge >= 0.3 is 6.18 Å². The molecule has 106 valence electrons. The van der Waals surface area contributed by atoms with Gasteiger partial charge in [-0.05, 0) is 32.1 Å². The fourth-order valence-corrected chi connectivity index (χ4v) is 2.72. The van der Waals surface area contributed by atoms with Crippen molar-refractivity contribution in [1.82, 2.24) is 10.1 Å². The molecule has 0 saturated heterocycles. The summed E-state index contributed by atoms with van der Waals surface area (Å²) in [6.45, 7) is 0. The van der Waals surface area contributed by atoms with Crippen LogP contribution >= 0.6 is 0 Å². The Morgan fingerprint density at radius 1 is 1.26 bits per heavy atom. The van der Waals surface area contributed by atoms with Crippen LogP contribution in [0.1, 0.15) is 56.2 Å². The van der Waals surface area contributed by atoms with E-state index < -0.39 is 17.6 Å². The minimum Gasteiger partial charge on any atom is -0.339 e. The van der Waals surface area contributed by atoms with Gasteiger partial charge in [0.25, 0.3) is 0 Å². The third-order valence-corrected chi connectivity index (χ3v) is 4.06. The van der Waals surface area contributed by atoms with Gasteiger partial charge in [0.1, 0.15) is 0 Å². The van der Waals surface area contributed by atoms with Gasteiger partial charge < -0.3 is 10.3 Å². The summed E-state index contributed by atoms with van der Waals surface area (Å²) in [6, 6.07) is 0. The van der Waals surface area contributed by atoms with Crippen LogP contribution in [0.5, 0.6) is 0 Å². The quantitative estimate of drug-likeness (QED) is 0.901. The lowest BCUT2D eigenvalue weighted by atomic mass is 9.75. The lowest BCUT2D eigenvalue weighted by Gasteiger charge is -2.36. The molecule has 19 heavy (non-hydrogen) atoms. The SMILES string of the molecule is NC1(c2noc(C3CC3)n2)CCCC(C(F)(F)F)C1. The predicted octanol–water partition coefficient (Wildman–Crippen LogP) is 2.85. The summed E-state index contributed by atoms with van der Waals surface area (Å²) in [4.78, 5) is 4.21. The van der Waals surface area contributed by atoms with Crippen LogP contribution in [-0.4, -0.2) is 16.3 Å². The van der Waals surface area contributed by atoms with Crippen LogP contribution in [-0.2, 0) is 5.54 Å². The highest BCUT2D eigenvalue weighted by Crippen LogP contribution is 2.45. The summed E-state index contributed by atoms with van der Waals surface area (Å²) in [5.74, 6) is -0.321. The molecule has 4 nitrogen and oxygen atoms in total. The molecule has 0 aromatic carbocycles. The molecule has 0 bridgehead atoms. The predicted molar refractivity (Wildman–Crippen MR) is 60.2 cm³/mol. The summed E-state index contributed by atoms with van der Waals surface area (Å²) in [5, 5.41) is 3.81. The highest BCUT2D eigenvalue weighted by Gasteiger charge is 2.48. The molecule has 3 rings (SSSR count). The number of hydrogen-bond donors (Lipinski definition) is 1. The largest absolute Gasteiger partial charge is 0.391 e. The van der Waals surface area contributed by atoms with E-state index in [1.165, 1.54) is 0 Å². The molecule has 1 heterocycles. The first kappa shape index (κ1) is 12.9. The Bertz CT molecular complexity index is 469. The van der Waals surface area contributed by atoms with Gasteiger partial charge in [-0.1, -0.05) is 11.6 Å². The molecule has 1 aromatic rings. The topological polar surface area (TPSA) is 64.9 Å². The smallest absolute Gasteiger partial charge is 0.339 e. The highest BCUT2D eigenvalue weighted by molar-refractivity contribution is 5.10. The number of halogens is 3. The first-order valence-corrected chi connectivity index (χ1v) is 6.58. The molecule has 7 heteroatoms. The van der Waals surface area contributed by atoms with Gasteiger partial charge in [0.15, 0.2) is 5.82 Å². The van der Waals surface area contributed by atoms with Gasteiger partial charge in [-0.15, -0.1) is 0 Å². The van der Waals surface area contributed by atoms with E-state index in [0.717, 1.165) is 12.8 Å². The van der Waals surface area contributed by atoms with E-state index in [2.05, 4.69) is 10.1 Å². The van der Waals surface area contributed by atoms with Crippen LogP contribution in [0.4, 0.5) is 13.2 Å². The summed E-state index contributed by atoms with van der Waals surface area (Å²) in [5.41, 5.74) is 5.01. The maximum absolute atomic E-state index is 12.8. The van der Waals surface area contributed by atoms with E-state index in [4.69, 9.17) is 10.3 Å². The summed E-state index contributed by atoms with van der Waals surface area (Å²) < 4.78 is 43.6. The third kappa shape index (κ3) is 2.48. The van der Waals surface area contributed by atoms with Gasteiger partial charge in [0, 0.05) is 5.92 Å². The third-order valence-electron chi connectivity index (χ3n) is 4.06. The second-order valence-corrected chi connectivity index (χ2v) is 5.72. The van der Waals surface area contributed by atoms with Crippen LogP contribution in [0.25, 0.3) is 0 Å². The Kier molecular flexibility index (Phi) is 2.85. The van der Waals surface area contributed by atoms with Gasteiger partial charge in [0.2, 0.25) is 5.89 Å². The van der Waals surface area contributed by atoms with Crippen molar-refractivity contribution in [2.24, 2.45) is 11.7 Å². The molecule has 2 fully saturated rings.